The van der Waals surface area contributed by atoms with E-state index in [1.54, 1.807) is 14.2 Å². The van der Waals surface area contributed by atoms with Crippen molar-refractivity contribution < 1.29 is 14.2 Å². The third-order valence-electron chi connectivity index (χ3n) is 4.11. The molecule has 0 radical (unpaired) electrons. The van der Waals surface area contributed by atoms with Crippen LogP contribution in [0.2, 0.25) is 0 Å². The lowest BCUT2D eigenvalue weighted by atomic mass is 9.90. The van der Waals surface area contributed by atoms with Gasteiger partial charge in [-0.05, 0) is 38.3 Å². The predicted octanol–water partition coefficient (Wildman–Crippen LogP) is 3.46. The molecule has 1 fully saturated rings. The Balaban J connectivity index is 2.09. The highest BCUT2D eigenvalue weighted by molar-refractivity contribution is 5.59. The second-order valence-electron chi connectivity index (χ2n) is 5.55. The Hall–Kier alpha value is -1.42. The van der Waals surface area contributed by atoms with Crippen molar-refractivity contribution in [2.75, 3.05) is 26.1 Å². The van der Waals surface area contributed by atoms with Gasteiger partial charge in [-0.3, -0.25) is 0 Å². The van der Waals surface area contributed by atoms with Crippen molar-refractivity contribution in [2.24, 2.45) is 0 Å². The fourth-order valence-corrected chi connectivity index (χ4v) is 2.64. The molecule has 0 amide bonds. The zero-order valence-electron chi connectivity index (χ0n) is 12.9. The first-order valence-corrected chi connectivity index (χ1v) is 7.22. The normalized spacial score (nSPS) is 26.1. The van der Waals surface area contributed by atoms with Crippen molar-refractivity contribution >= 4 is 5.69 Å². The average Bonchev–Trinajstić information content (AvgIpc) is 2.48. The smallest absolute Gasteiger partial charge is 0.145 e. The number of hydrogen-bond donors (Lipinski definition) is 1. The van der Waals surface area contributed by atoms with Gasteiger partial charge in [0.05, 0.1) is 25.5 Å². The number of anilines is 1. The molecule has 2 rings (SSSR count). The van der Waals surface area contributed by atoms with Crippen molar-refractivity contribution in [3.8, 4) is 11.5 Å². The van der Waals surface area contributed by atoms with Gasteiger partial charge in [-0.25, -0.2) is 0 Å². The van der Waals surface area contributed by atoms with Gasteiger partial charge in [-0.1, -0.05) is 6.92 Å². The Morgan fingerprint density at radius 1 is 1.35 bits per heavy atom. The maximum absolute atomic E-state index is 5.88. The summed E-state index contributed by atoms with van der Waals surface area (Å²) in [5, 5.41) is 3.58. The van der Waals surface area contributed by atoms with Crippen molar-refractivity contribution in [1.82, 2.24) is 0 Å². The van der Waals surface area contributed by atoms with E-state index in [9.17, 15) is 0 Å². The highest BCUT2D eigenvalue weighted by Crippen LogP contribution is 2.33. The van der Waals surface area contributed by atoms with Gasteiger partial charge in [-0.15, -0.1) is 0 Å². The van der Waals surface area contributed by atoms with Crippen molar-refractivity contribution in [3.63, 3.8) is 0 Å². The Labute approximate surface area is 121 Å². The van der Waals surface area contributed by atoms with Crippen LogP contribution in [0, 0.1) is 0 Å². The van der Waals surface area contributed by atoms with Gasteiger partial charge in [0.2, 0.25) is 0 Å². The lowest BCUT2D eigenvalue weighted by Crippen LogP contribution is -2.41. The second-order valence-corrected chi connectivity index (χ2v) is 5.55. The van der Waals surface area contributed by atoms with E-state index in [0.29, 0.717) is 6.04 Å². The number of nitrogens with one attached hydrogen (secondary N) is 1. The van der Waals surface area contributed by atoms with E-state index >= 15 is 0 Å². The number of benzene rings is 1. The zero-order chi connectivity index (χ0) is 14.6. The highest BCUT2D eigenvalue weighted by Gasteiger charge is 2.31. The topological polar surface area (TPSA) is 39.7 Å². The molecule has 0 saturated carbocycles. The van der Waals surface area contributed by atoms with Crippen molar-refractivity contribution in [3.05, 3.63) is 18.2 Å². The van der Waals surface area contributed by atoms with Crippen LogP contribution in [0.5, 0.6) is 11.5 Å². The molecular weight excluding hydrogens is 254 g/mol. The third-order valence-corrected chi connectivity index (χ3v) is 4.11. The predicted molar refractivity (Wildman–Crippen MR) is 80.8 cm³/mol. The molecule has 0 bridgehead atoms. The molecule has 0 spiro atoms. The van der Waals surface area contributed by atoms with Crippen LogP contribution in [0.3, 0.4) is 0 Å². The van der Waals surface area contributed by atoms with Crippen molar-refractivity contribution in [2.45, 2.75) is 44.8 Å². The molecular formula is C16H25NO3. The summed E-state index contributed by atoms with van der Waals surface area (Å²) >= 11 is 0. The molecule has 1 aromatic rings. The molecule has 112 valence electrons. The summed E-state index contributed by atoms with van der Waals surface area (Å²) in [5.74, 6) is 1.62. The summed E-state index contributed by atoms with van der Waals surface area (Å²) in [7, 11) is 3.34. The summed E-state index contributed by atoms with van der Waals surface area (Å²) in [5.41, 5.74) is 0.994. The summed E-state index contributed by atoms with van der Waals surface area (Å²) in [6, 6.07) is 6.27. The summed E-state index contributed by atoms with van der Waals surface area (Å²) < 4.78 is 16.5. The number of ether oxygens (including phenoxy) is 3. The quantitative estimate of drug-likeness (QED) is 0.896. The van der Waals surface area contributed by atoms with E-state index in [1.165, 1.54) is 0 Å². The zero-order valence-corrected chi connectivity index (χ0v) is 12.9. The molecule has 4 nitrogen and oxygen atoms in total. The van der Waals surface area contributed by atoms with Gasteiger partial charge in [-0.2, -0.15) is 0 Å². The minimum atomic E-state index is -0.0182. The van der Waals surface area contributed by atoms with Gasteiger partial charge < -0.3 is 19.5 Å². The van der Waals surface area contributed by atoms with Crippen LogP contribution in [0.15, 0.2) is 18.2 Å². The Bertz CT molecular complexity index is 449. The van der Waals surface area contributed by atoms with Crippen LogP contribution in [0.25, 0.3) is 0 Å². The van der Waals surface area contributed by atoms with E-state index < -0.39 is 0 Å². The van der Waals surface area contributed by atoms with E-state index in [2.05, 4.69) is 19.2 Å². The fraction of sp³-hybridized carbons (Fsp3) is 0.625. The van der Waals surface area contributed by atoms with Crippen LogP contribution < -0.4 is 14.8 Å². The number of hydrogen-bond acceptors (Lipinski definition) is 4. The maximum Gasteiger partial charge on any atom is 0.145 e. The average molecular weight is 279 g/mol. The highest BCUT2D eigenvalue weighted by atomic mass is 16.5. The molecule has 2 unspecified atom stereocenters. The molecule has 1 aliphatic rings. The van der Waals surface area contributed by atoms with Gasteiger partial charge in [0, 0.05) is 18.7 Å². The van der Waals surface area contributed by atoms with E-state index in [-0.39, 0.29) is 5.60 Å². The Kier molecular flexibility index (Phi) is 4.76. The first-order chi connectivity index (χ1) is 9.60. The molecule has 0 aromatic heterocycles. The third kappa shape index (κ3) is 3.37. The van der Waals surface area contributed by atoms with Crippen LogP contribution >= 0.6 is 0 Å². The van der Waals surface area contributed by atoms with Gasteiger partial charge in [0.25, 0.3) is 0 Å². The first kappa shape index (κ1) is 15.0. The standard InChI is InChI=1S/C16H25NO3/c1-5-16(2)11-12(8-9-20-16)17-14-7-6-13(18-3)10-15(14)19-4/h6-7,10,12,17H,5,8-9,11H2,1-4H3. The Morgan fingerprint density at radius 2 is 2.15 bits per heavy atom. The van der Waals surface area contributed by atoms with Crippen LogP contribution in [-0.2, 0) is 4.74 Å². The Morgan fingerprint density at radius 3 is 2.80 bits per heavy atom. The second kappa shape index (κ2) is 6.35. The molecule has 1 aliphatic heterocycles. The molecule has 1 saturated heterocycles. The van der Waals surface area contributed by atoms with Gasteiger partial charge >= 0.3 is 0 Å². The van der Waals surface area contributed by atoms with Crippen LogP contribution in [0.4, 0.5) is 5.69 Å². The van der Waals surface area contributed by atoms with Crippen LogP contribution in [-0.4, -0.2) is 32.5 Å². The molecule has 0 aliphatic carbocycles. The number of methoxy groups -OCH3 is 2. The monoisotopic (exact) mass is 279 g/mol. The van der Waals surface area contributed by atoms with Gasteiger partial charge in [0.1, 0.15) is 11.5 Å². The lowest BCUT2D eigenvalue weighted by molar-refractivity contribution is -0.0709. The van der Waals surface area contributed by atoms with Gasteiger partial charge in [0.15, 0.2) is 0 Å². The summed E-state index contributed by atoms with van der Waals surface area (Å²) in [6.45, 7) is 5.17. The van der Waals surface area contributed by atoms with E-state index in [1.807, 2.05) is 18.2 Å². The fourth-order valence-electron chi connectivity index (χ4n) is 2.64. The van der Waals surface area contributed by atoms with Crippen LogP contribution in [0.1, 0.15) is 33.1 Å². The molecule has 4 heteroatoms. The minimum absolute atomic E-state index is 0.0182. The van der Waals surface area contributed by atoms with Crippen molar-refractivity contribution in [1.29, 1.82) is 0 Å². The van der Waals surface area contributed by atoms with E-state index in [4.69, 9.17) is 14.2 Å². The summed E-state index contributed by atoms with van der Waals surface area (Å²) in [4.78, 5) is 0. The molecule has 1 N–H and O–H groups in total. The largest absolute Gasteiger partial charge is 0.497 e. The SMILES string of the molecule is CCC1(C)CC(Nc2ccc(OC)cc2OC)CCO1. The first-order valence-electron chi connectivity index (χ1n) is 7.22. The minimum Gasteiger partial charge on any atom is -0.497 e. The lowest BCUT2D eigenvalue weighted by Gasteiger charge is -2.38. The summed E-state index contributed by atoms with van der Waals surface area (Å²) in [6.07, 6.45) is 3.06. The molecule has 1 heterocycles. The molecule has 20 heavy (non-hydrogen) atoms. The molecule has 1 aromatic carbocycles. The maximum atomic E-state index is 5.88. The van der Waals surface area contributed by atoms with E-state index in [0.717, 1.165) is 43.1 Å². The number of rotatable bonds is 5. The molecule has 2 atom stereocenters.